The highest BCUT2D eigenvalue weighted by atomic mass is 19.4. The van der Waals surface area contributed by atoms with Crippen LogP contribution in [0.2, 0.25) is 0 Å². The summed E-state index contributed by atoms with van der Waals surface area (Å²) in [6.45, 7) is 0. The molecule has 0 amide bonds. The Balaban J connectivity index is 2.27. The number of nitrogens with one attached hydrogen (secondary N) is 1. The lowest BCUT2D eigenvalue weighted by Gasteiger charge is -2.11. The van der Waals surface area contributed by atoms with Crippen LogP contribution in [-0.4, -0.2) is 16.0 Å². The summed E-state index contributed by atoms with van der Waals surface area (Å²) in [6, 6.07) is 0.144. The summed E-state index contributed by atoms with van der Waals surface area (Å²) in [7, 11) is 0. The van der Waals surface area contributed by atoms with Crippen molar-refractivity contribution in [2.24, 2.45) is 0 Å². The average molecular weight is 203 g/mol. The Kier molecular flexibility index (Phi) is 2.05. The predicted molar refractivity (Wildman–Crippen MR) is 43.7 cm³/mol. The van der Waals surface area contributed by atoms with E-state index in [1.165, 1.54) is 0 Å². The van der Waals surface area contributed by atoms with Crippen molar-refractivity contribution in [2.45, 2.75) is 25.1 Å². The van der Waals surface area contributed by atoms with Crippen LogP contribution in [0.4, 0.5) is 19.0 Å². The summed E-state index contributed by atoms with van der Waals surface area (Å²) in [6.07, 6.45) is -0.682. The molecule has 0 aromatic carbocycles. The molecule has 0 unspecified atom stereocenters. The number of hydrogen-bond donors (Lipinski definition) is 1. The summed E-state index contributed by atoms with van der Waals surface area (Å²) in [4.78, 5) is 6.95. The summed E-state index contributed by atoms with van der Waals surface area (Å²) in [5.41, 5.74) is -0.799. The fourth-order valence-corrected chi connectivity index (χ4v) is 1.07. The van der Waals surface area contributed by atoms with E-state index in [0.29, 0.717) is 0 Å². The van der Waals surface area contributed by atoms with Crippen LogP contribution >= 0.6 is 0 Å². The standard InChI is InChI=1S/C8H8F3N3/c9-8(10,11)6-3-12-4-13-7(6)14-5-1-2-5/h3-5H,1-2H2,(H,12,13,14). The molecule has 0 bridgehead atoms. The van der Waals surface area contributed by atoms with Gasteiger partial charge in [-0.2, -0.15) is 13.2 Å². The Morgan fingerprint density at radius 2 is 2.07 bits per heavy atom. The number of halogens is 3. The molecule has 0 spiro atoms. The zero-order valence-corrected chi connectivity index (χ0v) is 7.17. The van der Waals surface area contributed by atoms with E-state index in [1.807, 2.05) is 0 Å². The largest absolute Gasteiger partial charge is 0.421 e. The second-order valence-corrected chi connectivity index (χ2v) is 3.20. The van der Waals surface area contributed by atoms with Gasteiger partial charge in [0.15, 0.2) is 0 Å². The van der Waals surface area contributed by atoms with Gasteiger partial charge in [-0.1, -0.05) is 0 Å². The average Bonchev–Trinajstić information content (AvgIpc) is 2.87. The fraction of sp³-hybridized carbons (Fsp3) is 0.500. The summed E-state index contributed by atoms with van der Waals surface area (Å²) < 4.78 is 37.2. The Morgan fingerprint density at radius 3 is 2.64 bits per heavy atom. The molecule has 1 aromatic heterocycles. The van der Waals surface area contributed by atoms with E-state index in [-0.39, 0.29) is 11.9 Å². The van der Waals surface area contributed by atoms with Gasteiger partial charge in [0, 0.05) is 12.2 Å². The number of aromatic nitrogens is 2. The summed E-state index contributed by atoms with van der Waals surface area (Å²) in [5, 5.41) is 2.72. The smallest absolute Gasteiger partial charge is 0.367 e. The molecule has 14 heavy (non-hydrogen) atoms. The third kappa shape index (κ3) is 1.94. The van der Waals surface area contributed by atoms with Gasteiger partial charge in [0.1, 0.15) is 17.7 Å². The van der Waals surface area contributed by atoms with Crippen LogP contribution in [0.5, 0.6) is 0 Å². The summed E-state index contributed by atoms with van der Waals surface area (Å²) in [5.74, 6) is -0.116. The molecule has 2 rings (SSSR count). The van der Waals surface area contributed by atoms with Crippen molar-refractivity contribution >= 4 is 5.82 Å². The van der Waals surface area contributed by atoms with Crippen molar-refractivity contribution in [3.05, 3.63) is 18.1 Å². The molecular weight excluding hydrogens is 195 g/mol. The van der Waals surface area contributed by atoms with Gasteiger partial charge >= 0.3 is 6.18 Å². The molecule has 6 heteroatoms. The summed E-state index contributed by atoms with van der Waals surface area (Å²) >= 11 is 0. The van der Waals surface area contributed by atoms with Gasteiger partial charge in [0.05, 0.1) is 0 Å². The molecule has 1 N–H and O–H groups in total. The lowest BCUT2D eigenvalue weighted by molar-refractivity contribution is -0.137. The van der Waals surface area contributed by atoms with Crippen LogP contribution in [0, 0.1) is 0 Å². The van der Waals surface area contributed by atoms with E-state index in [0.717, 1.165) is 25.4 Å². The first-order valence-corrected chi connectivity index (χ1v) is 4.21. The SMILES string of the molecule is FC(F)(F)c1cncnc1NC1CC1. The van der Waals surface area contributed by atoms with E-state index in [4.69, 9.17) is 0 Å². The number of rotatable bonds is 2. The minimum atomic E-state index is -4.39. The first-order chi connectivity index (χ1) is 6.57. The predicted octanol–water partition coefficient (Wildman–Crippen LogP) is 2.07. The van der Waals surface area contributed by atoms with Gasteiger partial charge in [0.2, 0.25) is 0 Å². The van der Waals surface area contributed by atoms with Crippen molar-refractivity contribution in [3.8, 4) is 0 Å². The van der Waals surface area contributed by atoms with Gasteiger partial charge < -0.3 is 5.32 Å². The van der Waals surface area contributed by atoms with E-state index < -0.39 is 11.7 Å². The number of nitrogens with zero attached hydrogens (tertiary/aromatic N) is 2. The second-order valence-electron chi connectivity index (χ2n) is 3.20. The van der Waals surface area contributed by atoms with Crippen molar-refractivity contribution in [3.63, 3.8) is 0 Å². The normalized spacial score (nSPS) is 16.8. The third-order valence-corrected chi connectivity index (χ3v) is 1.94. The van der Waals surface area contributed by atoms with Crippen LogP contribution in [0.25, 0.3) is 0 Å². The van der Waals surface area contributed by atoms with Crippen molar-refractivity contribution in [1.29, 1.82) is 0 Å². The van der Waals surface area contributed by atoms with E-state index in [9.17, 15) is 13.2 Å². The molecular formula is C8H8F3N3. The van der Waals surface area contributed by atoms with Gasteiger partial charge in [-0.05, 0) is 12.8 Å². The topological polar surface area (TPSA) is 37.8 Å². The van der Waals surface area contributed by atoms with Crippen LogP contribution in [0.1, 0.15) is 18.4 Å². The Labute approximate surface area is 78.4 Å². The lowest BCUT2D eigenvalue weighted by atomic mass is 10.3. The van der Waals surface area contributed by atoms with Crippen LogP contribution in [0.15, 0.2) is 12.5 Å². The highest BCUT2D eigenvalue weighted by Gasteiger charge is 2.36. The molecule has 0 aliphatic heterocycles. The molecule has 1 heterocycles. The van der Waals surface area contributed by atoms with E-state index in [2.05, 4.69) is 15.3 Å². The molecule has 1 saturated carbocycles. The second kappa shape index (κ2) is 3.11. The first-order valence-electron chi connectivity index (χ1n) is 4.21. The Hall–Kier alpha value is -1.33. The maximum Gasteiger partial charge on any atom is 0.421 e. The lowest BCUT2D eigenvalue weighted by Crippen LogP contribution is -2.13. The quantitative estimate of drug-likeness (QED) is 0.799. The highest BCUT2D eigenvalue weighted by molar-refractivity contribution is 5.45. The van der Waals surface area contributed by atoms with Crippen LogP contribution in [-0.2, 0) is 6.18 Å². The van der Waals surface area contributed by atoms with Crippen LogP contribution < -0.4 is 5.32 Å². The van der Waals surface area contributed by atoms with E-state index >= 15 is 0 Å². The fourth-order valence-electron chi connectivity index (χ4n) is 1.07. The van der Waals surface area contributed by atoms with Gasteiger partial charge in [0.25, 0.3) is 0 Å². The monoisotopic (exact) mass is 203 g/mol. The molecule has 0 atom stereocenters. The number of alkyl halides is 3. The van der Waals surface area contributed by atoms with Crippen molar-refractivity contribution in [1.82, 2.24) is 9.97 Å². The molecule has 1 aromatic rings. The highest BCUT2D eigenvalue weighted by Crippen LogP contribution is 2.34. The van der Waals surface area contributed by atoms with Crippen molar-refractivity contribution < 1.29 is 13.2 Å². The molecule has 76 valence electrons. The Morgan fingerprint density at radius 1 is 1.36 bits per heavy atom. The molecule has 3 nitrogen and oxygen atoms in total. The van der Waals surface area contributed by atoms with Gasteiger partial charge in [-0.3, -0.25) is 0 Å². The van der Waals surface area contributed by atoms with Crippen molar-refractivity contribution in [2.75, 3.05) is 5.32 Å². The van der Waals surface area contributed by atoms with Crippen LogP contribution in [0.3, 0.4) is 0 Å². The number of hydrogen-bond acceptors (Lipinski definition) is 3. The van der Waals surface area contributed by atoms with Gasteiger partial charge in [-0.15, -0.1) is 0 Å². The minimum absolute atomic E-state index is 0.116. The van der Waals surface area contributed by atoms with Gasteiger partial charge in [-0.25, -0.2) is 9.97 Å². The zero-order valence-electron chi connectivity index (χ0n) is 7.17. The number of anilines is 1. The molecule has 0 saturated heterocycles. The maximum absolute atomic E-state index is 12.4. The molecule has 1 fully saturated rings. The first kappa shape index (κ1) is 9.23. The molecule has 1 aliphatic rings. The molecule has 0 radical (unpaired) electrons. The van der Waals surface area contributed by atoms with E-state index in [1.54, 1.807) is 0 Å². The zero-order chi connectivity index (χ0) is 10.2. The minimum Gasteiger partial charge on any atom is -0.367 e. The third-order valence-electron chi connectivity index (χ3n) is 1.94. The molecule has 1 aliphatic carbocycles. The maximum atomic E-state index is 12.4. The Bertz CT molecular complexity index is 333.